The fourth-order valence-corrected chi connectivity index (χ4v) is 2.55. The predicted molar refractivity (Wildman–Crippen MR) is 92.4 cm³/mol. The van der Waals surface area contributed by atoms with E-state index in [2.05, 4.69) is 10.3 Å². The first-order valence-corrected chi connectivity index (χ1v) is 8.15. The molecule has 0 amide bonds. The van der Waals surface area contributed by atoms with Gasteiger partial charge in [-0.25, -0.2) is 9.38 Å². The molecule has 0 unspecified atom stereocenters. The molecule has 144 valence electrons. The summed E-state index contributed by atoms with van der Waals surface area (Å²) in [4.78, 5) is 3.91. The number of aliphatic imine (C=N–C) groups is 1. The van der Waals surface area contributed by atoms with Crippen molar-refractivity contribution in [2.45, 2.75) is 19.1 Å². The first-order valence-electron chi connectivity index (χ1n) is 8.15. The van der Waals surface area contributed by atoms with Crippen LogP contribution in [0.1, 0.15) is 17.5 Å². The monoisotopic (exact) mass is 383 g/mol. The highest BCUT2D eigenvalue weighted by molar-refractivity contribution is 5.92. The zero-order valence-electron chi connectivity index (χ0n) is 14.1. The van der Waals surface area contributed by atoms with Gasteiger partial charge in [-0.2, -0.15) is 13.2 Å². The highest BCUT2D eigenvalue weighted by Gasteiger charge is 2.33. The number of hydrogen-bond acceptors (Lipinski definition) is 3. The molecule has 0 fully saturated rings. The second kappa shape index (κ2) is 7.73. The van der Waals surface area contributed by atoms with Crippen molar-refractivity contribution in [1.29, 1.82) is 0 Å². The number of alkyl halides is 3. The van der Waals surface area contributed by atoms with Gasteiger partial charge in [0.2, 0.25) is 0 Å². The highest BCUT2D eigenvalue weighted by Crippen LogP contribution is 2.33. The van der Waals surface area contributed by atoms with Crippen molar-refractivity contribution < 1.29 is 27.0 Å². The van der Waals surface area contributed by atoms with Gasteiger partial charge in [0.25, 0.3) is 0 Å². The molecule has 2 aromatic rings. The van der Waals surface area contributed by atoms with Crippen LogP contribution in [-0.4, -0.2) is 19.2 Å². The molecule has 0 atom stereocenters. The van der Waals surface area contributed by atoms with Gasteiger partial charge in [0.15, 0.2) is 17.5 Å². The van der Waals surface area contributed by atoms with Crippen molar-refractivity contribution >= 4 is 11.6 Å². The first kappa shape index (κ1) is 18.8. The fraction of sp³-hybridized carbons (Fsp3) is 0.278. The summed E-state index contributed by atoms with van der Waals surface area (Å²) in [6, 6.07) is 7.50. The zero-order valence-corrected chi connectivity index (χ0v) is 14.1. The van der Waals surface area contributed by atoms with Crippen molar-refractivity contribution in [3.8, 4) is 11.5 Å². The standard InChI is InChI=1S/C18H17F4N3O2/c19-12-3-2-11(14(8-12)18(20,21)22)10-24-17(23)25-13-4-5-15-16(9-13)27-7-1-6-26-15/h2-5,8-9H,1,6-7,10H2,(H3,23,24,25). The van der Waals surface area contributed by atoms with Crippen molar-refractivity contribution in [1.82, 2.24) is 0 Å². The van der Waals surface area contributed by atoms with E-state index in [9.17, 15) is 17.6 Å². The van der Waals surface area contributed by atoms with Crippen LogP contribution < -0.4 is 20.5 Å². The molecule has 2 aromatic carbocycles. The van der Waals surface area contributed by atoms with Gasteiger partial charge in [-0.3, -0.25) is 0 Å². The van der Waals surface area contributed by atoms with Crippen LogP contribution in [0.5, 0.6) is 11.5 Å². The number of benzene rings is 2. The van der Waals surface area contributed by atoms with Crippen LogP contribution in [0.2, 0.25) is 0 Å². The Balaban J connectivity index is 1.73. The number of nitrogens with two attached hydrogens (primary N) is 1. The largest absolute Gasteiger partial charge is 0.490 e. The third-order valence-corrected chi connectivity index (χ3v) is 3.82. The molecule has 1 aliphatic heterocycles. The summed E-state index contributed by atoms with van der Waals surface area (Å²) < 4.78 is 63.2. The minimum Gasteiger partial charge on any atom is -0.490 e. The number of halogens is 4. The van der Waals surface area contributed by atoms with Crippen molar-refractivity contribution in [3.05, 3.63) is 53.3 Å². The van der Waals surface area contributed by atoms with Gasteiger partial charge < -0.3 is 20.5 Å². The maximum atomic E-state index is 13.1. The van der Waals surface area contributed by atoms with E-state index in [1.807, 2.05) is 0 Å². The molecule has 1 heterocycles. The molecule has 0 aliphatic carbocycles. The lowest BCUT2D eigenvalue weighted by molar-refractivity contribution is -0.138. The average Bonchev–Trinajstić information content (AvgIpc) is 2.85. The number of rotatable bonds is 3. The minimum absolute atomic E-state index is 0.0815. The molecule has 0 saturated heterocycles. The van der Waals surface area contributed by atoms with E-state index in [4.69, 9.17) is 15.2 Å². The zero-order chi connectivity index (χ0) is 19.4. The Labute approximate surface area is 152 Å². The molecule has 5 nitrogen and oxygen atoms in total. The number of nitrogens with zero attached hydrogens (tertiary/aromatic N) is 1. The molecule has 3 rings (SSSR count). The molecule has 9 heteroatoms. The second-order valence-electron chi connectivity index (χ2n) is 5.84. The Morgan fingerprint density at radius 1 is 1.07 bits per heavy atom. The smallest absolute Gasteiger partial charge is 0.416 e. The molecule has 27 heavy (non-hydrogen) atoms. The molecule has 3 N–H and O–H groups in total. The molecule has 0 bridgehead atoms. The van der Waals surface area contributed by atoms with Crippen molar-refractivity contribution in [2.75, 3.05) is 18.5 Å². The Bertz CT molecular complexity index is 853. The molecule has 0 aromatic heterocycles. The van der Waals surface area contributed by atoms with Gasteiger partial charge in [-0.1, -0.05) is 6.07 Å². The number of ether oxygens (including phenoxy) is 2. The summed E-state index contributed by atoms with van der Waals surface area (Å²) >= 11 is 0. The van der Waals surface area contributed by atoms with Crippen LogP contribution in [0, 0.1) is 5.82 Å². The fourth-order valence-electron chi connectivity index (χ4n) is 2.55. The summed E-state index contributed by atoms with van der Waals surface area (Å²) in [6.45, 7) is 0.728. The normalized spacial score (nSPS) is 14.6. The molecule has 1 aliphatic rings. The molecule has 0 saturated carbocycles. The van der Waals surface area contributed by atoms with Crippen LogP contribution >= 0.6 is 0 Å². The van der Waals surface area contributed by atoms with Gasteiger partial charge in [-0.05, 0) is 29.8 Å². The number of fused-ring (bicyclic) bond motifs is 1. The van der Waals surface area contributed by atoms with Gasteiger partial charge in [0.1, 0.15) is 5.82 Å². The Morgan fingerprint density at radius 3 is 2.56 bits per heavy atom. The lowest BCUT2D eigenvalue weighted by Gasteiger charge is -2.13. The quantitative estimate of drug-likeness (QED) is 0.479. The van der Waals surface area contributed by atoms with E-state index >= 15 is 0 Å². The third-order valence-electron chi connectivity index (χ3n) is 3.82. The van der Waals surface area contributed by atoms with Crippen molar-refractivity contribution in [3.63, 3.8) is 0 Å². The number of guanidine groups is 1. The predicted octanol–water partition coefficient (Wildman–Crippen LogP) is 3.93. The molecular formula is C18H17F4N3O2. The summed E-state index contributed by atoms with van der Waals surface area (Å²) in [6.07, 6.45) is -3.91. The Morgan fingerprint density at radius 2 is 1.81 bits per heavy atom. The summed E-state index contributed by atoms with van der Waals surface area (Å²) in [7, 11) is 0. The van der Waals surface area contributed by atoms with E-state index in [0.29, 0.717) is 36.5 Å². The third kappa shape index (κ3) is 4.81. The van der Waals surface area contributed by atoms with Gasteiger partial charge in [0, 0.05) is 18.2 Å². The maximum absolute atomic E-state index is 13.1. The number of hydrogen-bond donors (Lipinski definition) is 2. The summed E-state index contributed by atoms with van der Waals surface area (Å²) in [5.74, 6) is 0.105. The van der Waals surface area contributed by atoms with Crippen LogP contribution in [0.15, 0.2) is 41.4 Å². The lowest BCUT2D eigenvalue weighted by Crippen LogP contribution is -2.23. The van der Waals surface area contributed by atoms with Gasteiger partial charge in [0.05, 0.1) is 25.3 Å². The molecule has 0 radical (unpaired) electrons. The summed E-state index contributed by atoms with van der Waals surface area (Å²) in [5.41, 5.74) is 5.06. The minimum atomic E-state index is -4.68. The highest BCUT2D eigenvalue weighted by atomic mass is 19.4. The summed E-state index contributed by atoms with van der Waals surface area (Å²) in [5, 5.41) is 2.79. The van der Waals surface area contributed by atoms with Crippen LogP contribution in [0.4, 0.5) is 23.2 Å². The van der Waals surface area contributed by atoms with Crippen LogP contribution in [0.25, 0.3) is 0 Å². The van der Waals surface area contributed by atoms with E-state index in [0.717, 1.165) is 18.6 Å². The van der Waals surface area contributed by atoms with Crippen LogP contribution in [0.3, 0.4) is 0 Å². The van der Waals surface area contributed by atoms with E-state index in [1.54, 1.807) is 18.2 Å². The van der Waals surface area contributed by atoms with Gasteiger partial charge >= 0.3 is 6.18 Å². The number of anilines is 1. The molecule has 0 spiro atoms. The first-order chi connectivity index (χ1) is 12.8. The Hall–Kier alpha value is -2.97. The van der Waals surface area contributed by atoms with E-state index < -0.39 is 17.6 Å². The Kier molecular flexibility index (Phi) is 5.38. The number of nitrogens with one attached hydrogen (secondary N) is 1. The van der Waals surface area contributed by atoms with E-state index in [-0.39, 0.29) is 18.1 Å². The van der Waals surface area contributed by atoms with Crippen LogP contribution in [-0.2, 0) is 12.7 Å². The SMILES string of the molecule is NC(=NCc1ccc(F)cc1C(F)(F)F)Nc1ccc2c(c1)OCCCO2. The lowest BCUT2D eigenvalue weighted by atomic mass is 10.1. The second-order valence-corrected chi connectivity index (χ2v) is 5.84. The van der Waals surface area contributed by atoms with Gasteiger partial charge in [-0.15, -0.1) is 0 Å². The average molecular weight is 383 g/mol. The molecular weight excluding hydrogens is 366 g/mol. The topological polar surface area (TPSA) is 68.9 Å². The maximum Gasteiger partial charge on any atom is 0.416 e. The van der Waals surface area contributed by atoms with E-state index in [1.165, 1.54) is 0 Å². The van der Waals surface area contributed by atoms with Crippen molar-refractivity contribution in [2.24, 2.45) is 10.7 Å².